The fourth-order valence-electron chi connectivity index (χ4n) is 5.83. The molecule has 10 heteroatoms. The maximum Gasteiger partial charge on any atom is 0.253 e. The average Bonchev–Trinajstić information content (AvgIpc) is 3.63. The van der Waals surface area contributed by atoms with E-state index in [0.717, 1.165) is 62.3 Å². The summed E-state index contributed by atoms with van der Waals surface area (Å²) in [5, 5.41) is 13.8. The molecule has 2 aliphatic heterocycles. The lowest BCUT2D eigenvalue weighted by atomic mass is 10.0. The van der Waals surface area contributed by atoms with E-state index in [1.165, 1.54) is 16.8 Å². The number of H-pyrrole nitrogens is 1. The molecule has 0 aliphatic carbocycles. The van der Waals surface area contributed by atoms with Crippen molar-refractivity contribution in [2.45, 2.75) is 45.4 Å². The van der Waals surface area contributed by atoms with Crippen LogP contribution in [0.15, 0.2) is 47.3 Å². The van der Waals surface area contributed by atoms with Crippen LogP contribution in [-0.2, 0) is 11.3 Å². The smallest absolute Gasteiger partial charge is 0.253 e. The van der Waals surface area contributed by atoms with Crippen molar-refractivity contribution >= 4 is 16.6 Å². The van der Waals surface area contributed by atoms with E-state index < -0.39 is 6.04 Å². The Bertz CT molecular complexity index is 1520. The molecule has 0 saturated carbocycles. The molecule has 0 bridgehead atoms. The van der Waals surface area contributed by atoms with Gasteiger partial charge in [0, 0.05) is 54.9 Å². The van der Waals surface area contributed by atoms with Crippen LogP contribution in [0.3, 0.4) is 0 Å². The lowest BCUT2D eigenvalue weighted by molar-refractivity contribution is 0.0906. The first-order valence-electron chi connectivity index (χ1n) is 13.6. The van der Waals surface area contributed by atoms with Crippen molar-refractivity contribution in [2.24, 2.45) is 0 Å². The van der Waals surface area contributed by atoms with Gasteiger partial charge in [0.1, 0.15) is 11.8 Å². The van der Waals surface area contributed by atoms with E-state index in [2.05, 4.69) is 62.4 Å². The first-order valence-corrected chi connectivity index (χ1v) is 13.6. The zero-order chi connectivity index (χ0) is 26.9. The summed E-state index contributed by atoms with van der Waals surface area (Å²) in [5.41, 5.74) is 5.04. The van der Waals surface area contributed by atoms with Crippen LogP contribution < -0.4 is 15.2 Å². The number of ether oxygens (including phenoxy) is 2. The number of hydrogen-bond donors (Lipinski definition) is 1. The molecule has 2 aromatic heterocycles. The van der Waals surface area contributed by atoms with Gasteiger partial charge in [0.25, 0.3) is 5.56 Å². The van der Waals surface area contributed by atoms with Crippen molar-refractivity contribution in [2.75, 3.05) is 44.8 Å². The Hall–Kier alpha value is -3.76. The largest absolute Gasteiger partial charge is 0.497 e. The summed E-state index contributed by atoms with van der Waals surface area (Å²) < 4.78 is 13.2. The monoisotopic (exact) mass is 529 g/mol. The molecule has 2 aliphatic rings. The standard InChI is InChI=1S/C29H35N7O3/c1-19-6-7-20(2)26(15-19)34-10-12-35(13-11-34)27(28-31-32-33-36(28)18-23-5-4-14-39-23)24-17-21-16-22(38-3)8-9-25(21)30-29(24)37/h6-9,15-17,23,27H,4-5,10-14,18H2,1-3H3,(H,30,37)/t23-,27-/m0/s1. The SMILES string of the molecule is COc1ccc2[nH]c(=O)c([C@@H](c3nnnn3C[C@@H]3CCCO3)N3CCN(c4cc(C)ccc4C)CC3)cc2c1. The second-order valence-electron chi connectivity index (χ2n) is 10.6. The van der Waals surface area contributed by atoms with Gasteiger partial charge in [-0.1, -0.05) is 12.1 Å². The molecule has 0 spiro atoms. The molecule has 2 aromatic carbocycles. The van der Waals surface area contributed by atoms with E-state index in [4.69, 9.17) is 9.47 Å². The Labute approximate surface area is 227 Å². The van der Waals surface area contributed by atoms with Crippen molar-refractivity contribution in [1.29, 1.82) is 0 Å². The van der Waals surface area contributed by atoms with Gasteiger partial charge in [-0.25, -0.2) is 4.68 Å². The van der Waals surface area contributed by atoms with Crippen LogP contribution in [0.2, 0.25) is 0 Å². The molecule has 2 saturated heterocycles. The summed E-state index contributed by atoms with van der Waals surface area (Å²) >= 11 is 0. The van der Waals surface area contributed by atoms with Gasteiger partial charge in [-0.2, -0.15) is 0 Å². The zero-order valence-corrected chi connectivity index (χ0v) is 22.8. The van der Waals surface area contributed by atoms with Crippen molar-refractivity contribution in [3.8, 4) is 5.75 Å². The number of nitrogens with one attached hydrogen (secondary N) is 1. The summed E-state index contributed by atoms with van der Waals surface area (Å²) in [6, 6.07) is 13.8. The van der Waals surface area contributed by atoms with Crippen LogP contribution in [0.25, 0.3) is 10.9 Å². The maximum atomic E-state index is 13.6. The molecule has 2 atom stereocenters. The minimum absolute atomic E-state index is 0.0770. The van der Waals surface area contributed by atoms with Crippen LogP contribution in [0, 0.1) is 13.8 Å². The summed E-state index contributed by atoms with van der Waals surface area (Å²) in [6.07, 6.45) is 2.10. The van der Waals surface area contributed by atoms with Gasteiger partial charge in [0.05, 0.1) is 19.8 Å². The number of hydrogen-bond acceptors (Lipinski definition) is 8. The van der Waals surface area contributed by atoms with Crippen LogP contribution in [0.1, 0.15) is 41.4 Å². The second-order valence-corrected chi connectivity index (χ2v) is 10.6. The third kappa shape index (κ3) is 5.14. The van der Waals surface area contributed by atoms with E-state index >= 15 is 0 Å². The first kappa shape index (κ1) is 25.5. The maximum absolute atomic E-state index is 13.6. The number of rotatable bonds is 7. The van der Waals surface area contributed by atoms with Gasteiger partial charge in [-0.15, -0.1) is 5.10 Å². The molecule has 10 nitrogen and oxygen atoms in total. The molecule has 2 fully saturated rings. The number of fused-ring (bicyclic) bond motifs is 1. The number of methoxy groups -OCH3 is 1. The van der Waals surface area contributed by atoms with Crippen LogP contribution in [0.4, 0.5) is 5.69 Å². The molecular weight excluding hydrogens is 494 g/mol. The van der Waals surface area contributed by atoms with Gasteiger partial charge >= 0.3 is 0 Å². The van der Waals surface area contributed by atoms with Crippen LogP contribution in [-0.4, -0.2) is 76.1 Å². The zero-order valence-electron chi connectivity index (χ0n) is 22.8. The molecule has 0 unspecified atom stereocenters. The lowest BCUT2D eigenvalue weighted by Crippen LogP contribution is -2.49. The highest BCUT2D eigenvalue weighted by Crippen LogP contribution is 2.31. The van der Waals surface area contributed by atoms with Crippen molar-refractivity contribution in [3.63, 3.8) is 0 Å². The highest BCUT2D eigenvalue weighted by molar-refractivity contribution is 5.80. The number of pyridine rings is 1. The number of piperazine rings is 1. The summed E-state index contributed by atoms with van der Waals surface area (Å²) in [6.45, 7) is 8.83. The number of nitrogens with zero attached hydrogens (tertiary/aromatic N) is 6. The quantitative estimate of drug-likeness (QED) is 0.390. The number of benzene rings is 2. The van der Waals surface area contributed by atoms with Gasteiger partial charge < -0.3 is 19.4 Å². The Morgan fingerprint density at radius 3 is 2.72 bits per heavy atom. The Morgan fingerprint density at radius 2 is 1.95 bits per heavy atom. The molecule has 0 amide bonds. The van der Waals surface area contributed by atoms with Gasteiger partial charge in [-0.05, 0) is 78.6 Å². The van der Waals surface area contributed by atoms with Gasteiger partial charge in [0.15, 0.2) is 5.82 Å². The van der Waals surface area contributed by atoms with Crippen molar-refractivity contribution < 1.29 is 9.47 Å². The fraction of sp³-hybridized carbons (Fsp3) is 0.448. The Morgan fingerprint density at radius 1 is 1.10 bits per heavy atom. The normalized spacial score (nSPS) is 19.1. The molecule has 0 radical (unpaired) electrons. The molecule has 1 N–H and O–H groups in total. The predicted octanol–water partition coefficient (Wildman–Crippen LogP) is 3.23. The highest BCUT2D eigenvalue weighted by atomic mass is 16.5. The number of anilines is 1. The van der Waals surface area contributed by atoms with Crippen molar-refractivity contribution in [1.82, 2.24) is 30.1 Å². The molecule has 4 heterocycles. The molecule has 6 rings (SSSR count). The van der Waals surface area contributed by atoms with Crippen LogP contribution >= 0.6 is 0 Å². The first-order chi connectivity index (χ1) is 19.0. The number of aromatic amines is 1. The fourth-order valence-corrected chi connectivity index (χ4v) is 5.83. The van der Waals surface area contributed by atoms with Gasteiger partial charge in [0.2, 0.25) is 0 Å². The third-order valence-corrected chi connectivity index (χ3v) is 7.96. The number of aromatic nitrogens is 5. The summed E-state index contributed by atoms with van der Waals surface area (Å²) in [4.78, 5) is 21.4. The predicted molar refractivity (Wildman–Crippen MR) is 149 cm³/mol. The highest BCUT2D eigenvalue weighted by Gasteiger charge is 2.34. The van der Waals surface area contributed by atoms with E-state index in [0.29, 0.717) is 17.9 Å². The third-order valence-electron chi connectivity index (χ3n) is 7.96. The van der Waals surface area contributed by atoms with Crippen molar-refractivity contribution in [3.05, 3.63) is 75.3 Å². The second kappa shape index (κ2) is 10.8. The van der Waals surface area contributed by atoms with Gasteiger partial charge in [-0.3, -0.25) is 9.69 Å². The number of aryl methyl sites for hydroxylation is 2. The van der Waals surface area contributed by atoms with E-state index in [1.807, 2.05) is 28.9 Å². The summed E-state index contributed by atoms with van der Waals surface area (Å²) in [7, 11) is 1.64. The van der Waals surface area contributed by atoms with E-state index in [9.17, 15) is 4.79 Å². The average molecular weight is 530 g/mol. The summed E-state index contributed by atoms with van der Waals surface area (Å²) in [5.74, 6) is 1.40. The van der Waals surface area contributed by atoms with E-state index in [1.54, 1.807) is 7.11 Å². The topological polar surface area (TPSA) is 101 Å². The molecule has 204 valence electrons. The van der Waals surface area contributed by atoms with E-state index in [-0.39, 0.29) is 11.7 Å². The minimum Gasteiger partial charge on any atom is -0.497 e. The lowest BCUT2D eigenvalue weighted by Gasteiger charge is -2.40. The molecular formula is C29H35N7O3. The Balaban J connectivity index is 1.37. The molecule has 4 aromatic rings. The minimum atomic E-state index is -0.401. The van der Waals surface area contributed by atoms with Crippen LogP contribution in [0.5, 0.6) is 5.75 Å². The Kier molecular flexibility index (Phi) is 7.05. The molecule has 39 heavy (non-hydrogen) atoms. The number of tetrazole rings is 1.